The quantitative estimate of drug-likeness (QED) is 0.885. The van der Waals surface area contributed by atoms with Crippen molar-refractivity contribution >= 4 is 15.9 Å². The van der Waals surface area contributed by atoms with Gasteiger partial charge in [-0.1, -0.05) is 19.1 Å². The van der Waals surface area contributed by atoms with Crippen molar-refractivity contribution in [3.63, 3.8) is 0 Å². The van der Waals surface area contributed by atoms with Crippen LogP contribution in [0.1, 0.15) is 19.4 Å². The van der Waals surface area contributed by atoms with E-state index in [4.69, 9.17) is 4.74 Å². The molecule has 1 aromatic carbocycles. The monoisotopic (exact) mass is 271 g/mol. The standard InChI is InChI=1S/C12H17NO4S/c1-3-17-12(14)13-9-10-5-7-11(8-6-10)18(15,16)4-2/h5-8H,3-4,9H2,1-2H3,(H,13,14). The van der Waals surface area contributed by atoms with E-state index in [1.165, 1.54) is 0 Å². The summed E-state index contributed by atoms with van der Waals surface area (Å²) in [5.41, 5.74) is 0.818. The Bertz CT molecular complexity index is 493. The molecule has 0 aliphatic rings. The highest BCUT2D eigenvalue weighted by atomic mass is 32.2. The number of amides is 1. The molecule has 0 atom stereocenters. The molecule has 0 spiro atoms. The van der Waals surface area contributed by atoms with E-state index >= 15 is 0 Å². The van der Waals surface area contributed by atoms with Gasteiger partial charge in [0.05, 0.1) is 17.3 Å². The van der Waals surface area contributed by atoms with Crippen LogP contribution in [0.3, 0.4) is 0 Å². The number of hydrogen-bond acceptors (Lipinski definition) is 4. The van der Waals surface area contributed by atoms with E-state index in [0.29, 0.717) is 18.0 Å². The lowest BCUT2D eigenvalue weighted by atomic mass is 10.2. The van der Waals surface area contributed by atoms with Gasteiger partial charge in [-0.2, -0.15) is 0 Å². The van der Waals surface area contributed by atoms with Gasteiger partial charge in [0.15, 0.2) is 9.84 Å². The van der Waals surface area contributed by atoms with Crippen molar-refractivity contribution in [2.45, 2.75) is 25.3 Å². The Balaban J connectivity index is 2.64. The lowest BCUT2D eigenvalue weighted by Crippen LogP contribution is -2.23. The lowest BCUT2D eigenvalue weighted by molar-refractivity contribution is 0.151. The van der Waals surface area contributed by atoms with Crippen LogP contribution in [-0.4, -0.2) is 26.9 Å². The largest absolute Gasteiger partial charge is 0.450 e. The molecule has 1 N–H and O–H groups in total. The van der Waals surface area contributed by atoms with Crippen molar-refractivity contribution in [1.82, 2.24) is 5.32 Å². The summed E-state index contributed by atoms with van der Waals surface area (Å²) in [6, 6.07) is 6.44. The SMILES string of the molecule is CCOC(=O)NCc1ccc(S(=O)(=O)CC)cc1. The van der Waals surface area contributed by atoms with Crippen molar-refractivity contribution in [3.05, 3.63) is 29.8 Å². The van der Waals surface area contributed by atoms with Gasteiger partial charge in [-0.25, -0.2) is 13.2 Å². The van der Waals surface area contributed by atoms with Crippen LogP contribution in [0, 0.1) is 0 Å². The van der Waals surface area contributed by atoms with E-state index in [1.807, 2.05) is 0 Å². The highest BCUT2D eigenvalue weighted by Gasteiger charge is 2.10. The Labute approximate surface area is 107 Å². The molecule has 0 radical (unpaired) electrons. The van der Waals surface area contributed by atoms with Crippen LogP contribution in [0.25, 0.3) is 0 Å². The predicted molar refractivity (Wildman–Crippen MR) is 68.0 cm³/mol. The minimum atomic E-state index is -3.17. The number of sulfone groups is 1. The molecule has 5 nitrogen and oxygen atoms in total. The summed E-state index contributed by atoms with van der Waals surface area (Å²) >= 11 is 0. The summed E-state index contributed by atoms with van der Waals surface area (Å²) < 4.78 is 27.9. The van der Waals surface area contributed by atoms with Gasteiger partial charge in [-0.05, 0) is 24.6 Å². The van der Waals surface area contributed by atoms with Crippen LogP contribution < -0.4 is 5.32 Å². The van der Waals surface area contributed by atoms with E-state index < -0.39 is 15.9 Å². The van der Waals surface area contributed by atoms with E-state index in [2.05, 4.69) is 5.32 Å². The van der Waals surface area contributed by atoms with Crippen LogP contribution in [0.5, 0.6) is 0 Å². The number of alkyl carbamates (subject to hydrolysis) is 1. The smallest absolute Gasteiger partial charge is 0.407 e. The summed E-state index contributed by atoms with van der Waals surface area (Å²) in [6.07, 6.45) is -0.484. The molecule has 0 bridgehead atoms. The van der Waals surface area contributed by atoms with Crippen molar-refractivity contribution in [2.24, 2.45) is 0 Å². The number of carbonyl (C=O) groups excluding carboxylic acids is 1. The Morgan fingerprint density at radius 3 is 2.33 bits per heavy atom. The van der Waals surface area contributed by atoms with E-state index in [9.17, 15) is 13.2 Å². The Kier molecular flexibility index (Phi) is 5.15. The summed E-state index contributed by atoms with van der Waals surface area (Å²) in [7, 11) is -3.17. The molecule has 18 heavy (non-hydrogen) atoms. The molecule has 1 amide bonds. The molecular formula is C12H17NO4S. The van der Waals surface area contributed by atoms with Crippen molar-refractivity contribution < 1.29 is 17.9 Å². The molecule has 0 aliphatic carbocycles. The highest BCUT2D eigenvalue weighted by Crippen LogP contribution is 2.12. The Morgan fingerprint density at radius 1 is 1.22 bits per heavy atom. The fraction of sp³-hybridized carbons (Fsp3) is 0.417. The molecule has 0 aliphatic heterocycles. The maximum Gasteiger partial charge on any atom is 0.407 e. The number of carbonyl (C=O) groups is 1. The zero-order valence-corrected chi connectivity index (χ0v) is 11.3. The third kappa shape index (κ3) is 4.03. The number of hydrogen-bond donors (Lipinski definition) is 1. The maximum atomic E-state index is 11.6. The second kappa shape index (κ2) is 6.39. The maximum absolute atomic E-state index is 11.6. The van der Waals surface area contributed by atoms with Gasteiger partial charge in [-0.15, -0.1) is 0 Å². The van der Waals surface area contributed by atoms with Gasteiger partial charge in [0.25, 0.3) is 0 Å². The third-order valence-electron chi connectivity index (χ3n) is 2.37. The second-order valence-corrected chi connectivity index (χ2v) is 5.90. The highest BCUT2D eigenvalue weighted by molar-refractivity contribution is 7.91. The summed E-state index contributed by atoms with van der Waals surface area (Å²) in [5.74, 6) is 0.0768. The summed E-state index contributed by atoms with van der Waals surface area (Å²) in [4.78, 5) is 11.4. The minimum Gasteiger partial charge on any atom is -0.450 e. The Hall–Kier alpha value is -1.56. The normalized spacial score (nSPS) is 11.0. The summed E-state index contributed by atoms with van der Waals surface area (Å²) in [6.45, 7) is 3.96. The van der Waals surface area contributed by atoms with Crippen molar-refractivity contribution in [3.8, 4) is 0 Å². The minimum absolute atomic E-state index is 0.0768. The van der Waals surface area contributed by atoms with Crippen LogP contribution in [0.15, 0.2) is 29.2 Å². The average molecular weight is 271 g/mol. The first-order chi connectivity index (χ1) is 8.49. The molecule has 1 rings (SSSR count). The number of rotatable bonds is 5. The molecular weight excluding hydrogens is 254 g/mol. The topological polar surface area (TPSA) is 72.5 Å². The first-order valence-electron chi connectivity index (χ1n) is 5.72. The number of ether oxygens (including phenoxy) is 1. The van der Waals surface area contributed by atoms with Gasteiger partial charge >= 0.3 is 6.09 Å². The second-order valence-electron chi connectivity index (χ2n) is 3.62. The van der Waals surface area contributed by atoms with Crippen molar-refractivity contribution in [1.29, 1.82) is 0 Å². The lowest BCUT2D eigenvalue weighted by Gasteiger charge is -2.06. The van der Waals surface area contributed by atoms with Gasteiger partial charge < -0.3 is 10.1 Å². The molecule has 0 heterocycles. The van der Waals surface area contributed by atoms with E-state index in [-0.39, 0.29) is 5.75 Å². The molecule has 6 heteroatoms. The zero-order valence-electron chi connectivity index (χ0n) is 10.5. The Morgan fingerprint density at radius 2 is 1.83 bits per heavy atom. The molecule has 0 unspecified atom stereocenters. The van der Waals surface area contributed by atoms with Gasteiger partial charge in [-0.3, -0.25) is 0 Å². The molecule has 1 aromatic rings. The fourth-order valence-corrected chi connectivity index (χ4v) is 2.22. The molecule has 0 saturated carbocycles. The number of nitrogens with one attached hydrogen (secondary N) is 1. The van der Waals surface area contributed by atoms with Crippen molar-refractivity contribution in [2.75, 3.05) is 12.4 Å². The first kappa shape index (κ1) is 14.5. The van der Waals surface area contributed by atoms with Gasteiger partial charge in [0.2, 0.25) is 0 Å². The molecule has 100 valence electrons. The van der Waals surface area contributed by atoms with Crippen LogP contribution in [-0.2, 0) is 21.1 Å². The average Bonchev–Trinajstić information content (AvgIpc) is 2.37. The molecule has 0 fully saturated rings. The van der Waals surface area contributed by atoms with E-state index in [0.717, 1.165) is 5.56 Å². The number of benzene rings is 1. The first-order valence-corrected chi connectivity index (χ1v) is 7.37. The van der Waals surface area contributed by atoms with Gasteiger partial charge in [0, 0.05) is 6.54 Å². The zero-order chi connectivity index (χ0) is 13.6. The fourth-order valence-electron chi connectivity index (χ4n) is 1.34. The molecule has 0 aromatic heterocycles. The summed E-state index contributed by atoms with van der Waals surface area (Å²) in [5, 5.41) is 2.56. The van der Waals surface area contributed by atoms with E-state index in [1.54, 1.807) is 38.1 Å². The third-order valence-corrected chi connectivity index (χ3v) is 4.13. The van der Waals surface area contributed by atoms with Crippen LogP contribution in [0.4, 0.5) is 4.79 Å². The van der Waals surface area contributed by atoms with Crippen LogP contribution >= 0.6 is 0 Å². The van der Waals surface area contributed by atoms with Crippen LogP contribution in [0.2, 0.25) is 0 Å². The molecule has 0 saturated heterocycles. The van der Waals surface area contributed by atoms with Gasteiger partial charge in [0.1, 0.15) is 0 Å². The predicted octanol–water partition coefficient (Wildman–Crippen LogP) is 1.73.